The second kappa shape index (κ2) is 6.71. The normalized spacial score (nSPS) is 13.0. The molecule has 0 saturated heterocycles. The van der Waals surface area contributed by atoms with E-state index in [0.29, 0.717) is 12.1 Å². The predicted molar refractivity (Wildman–Crippen MR) is 79.9 cm³/mol. The molecule has 1 atom stereocenters. The summed E-state index contributed by atoms with van der Waals surface area (Å²) in [6, 6.07) is 8.51. The van der Waals surface area contributed by atoms with Crippen molar-refractivity contribution in [3.05, 3.63) is 48.3 Å². The van der Waals surface area contributed by atoms with Crippen molar-refractivity contribution in [3.63, 3.8) is 0 Å². The van der Waals surface area contributed by atoms with Gasteiger partial charge in [0.1, 0.15) is 4.90 Å². The van der Waals surface area contributed by atoms with Crippen LogP contribution in [0.4, 0.5) is 0 Å². The molecular weight excluding hydrogens is 306 g/mol. The number of carbonyl (C=O) groups is 1. The van der Waals surface area contributed by atoms with Crippen LogP contribution in [0.25, 0.3) is 0 Å². The zero-order valence-electron chi connectivity index (χ0n) is 12.0. The molecule has 0 bridgehead atoms. The number of nitrogens with one attached hydrogen (secondary N) is 1. The van der Waals surface area contributed by atoms with Crippen LogP contribution in [0, 0.1) is 0 Å². The topological polar surface area (TPSA) is 101 Å². The number of sulfonamides is 1. The number of hydrogen-bond donors (Lipinski definition) is 2. The molecule has 0 aliphatic carbocycles. The summed E-state index contributed by atoms with van der Waals surface area (Å²) in [5, 5.41) is 13.2. The van der Waals surface area contributed by atoms with Crippen LogP contribution >= 0.6 is 0 Å². The van der Waals surface area contributed by atoms with Crippen molar-refractivity contribution in [2.75, 3.05) is 6.54 Å². The van der Waals surface area contributed by atoms with Gasteiger partial charge in [0, 0.05) is 19.3 Å². The molecule has 1 aromatic heterocycles. The van der Waals surface area contributed by atoms with Gasteiger partial charge in [-0.3, -0.25) is 9.48 Å². The van der Waals surface area contributed by atoms with Crippen molar-refractivity contribution >= 4 is 16.0 Å². The third-order valence-electron chi connectivity index (χ3n) is 3.22. The van der Waals surface area contributed by atoms with Gasteiger partial charge < -0.3 is 5.11 Å². The molecule has 118 valence electrons. The van der Waals surface area contributed by atoms with Crippen LogP contribution in [-0.4, -0.2) is 35.8 Å². The van der Waals surface area contributed by atoms with E-state index in [0.717, 1.165) is 0 Å². The number of hydrogen-bond acceptors (Lipinski definition) is 4. The first-order chi connectivity index (χ1) is 10.4. The number of rotatable bonds is 7. The molecule has 0 saturated carbocycles. The van der Waals surface area contributed by atoms with E-state index in [9.17, 15) is 18.3 Å². The van der Waals surface area contributed by atoms with Gasteiger partial charge in [-0.2, -0.15) is 5.10 Å². The van der Waals surface area contributed by atoms with E-state index < -0.39 is 21.9 Å². The molecule has 0 spiro atoms. The third-order valence-corrected chi connectivity index (χ3v) is 4.60. The summed E-state index contributed by atoms with van der Waals surface area (Å²) >= 11 is 0. The molecule has 7 nitrogen and oxygen atoms in total. The van der Waals surface area contributed by atoms with Crippen LogP contribution in [0.15, 0.2) is 47.6 Å². The van der Waals surface area contributed by atoms with Gasteiger partial charge in [-0.05, 0) is 12.5 Å². The Labute approximate surface area is 128 Å². The molecule has 22 heavy (non-hydrogen) atoms. The van der Waals surface area contributed by atoms with E-state index in [-0.39, 0.29) is 11.4 Å². The van der Waals surface area contributed by atoms with Gasteiger partial charge in [-0.25, -0.2) is 13.1 Å². The Bertz CT molecular complexity index is 740. The van der Waals surface area contributed by atoms with Crippen LogP contribution in [0.3, 0.4) is 0 Å². The molecule has 2 N–H and O–H groups in total. The SMILES string of the molecule is CCn1cc(S(=O)(=O)NCC(C(=O)O)c2ccccc2)cn1. The monoisotopic (exact) mass is 323 g/mol. The number of benzene rings is 1. The first kappa shape index (κ1) is 16.2. The zero-order chi connectivity index (χ0) is 16.2. The smallest absolute Gasteiger partial charge is 0.312 e. The highest BCUT2D eigenvalue weighted by atomic mass is 32.2. The summed E-state index contributed by atoms with van der Waals surface area (Å²) in [4.78, 5) is 11.4. The quantitative estimate of drug-likeness (QED) is 0.793. The van der Waals surface area contributed by atoms with Crippen molar-refractivity contribution in [2.45, 2.75) is 24.3 Å². The highest BCUT2D eigenvalue weighted by Gasteiger charge is 2.24. The lowest BCUT2D eigenvalue weighted by molar-refractivity contribution is -0.138. The average molecular weight is 323 g/mol. The lowest BCUT2D eigenvalue weighted by Gasteiger charge is -2.13. The summed E-state index contributed by atoms with van der Waals surface area (Å²) in [5.74, 6) is -2.03. The maximum absolute atomic E-state index is 12.2. The molecule has 2 aromatic rings. The van der Waals surface area contributed by atoms with E-state index >= 15 is 0 Å². The van der Waals surface area contributed by atoms with Crippen molar-refractivity contribution in [2.24, 2.45) is 0 Å². The van der Waals surface area contributed by atoms with Gasteiger partial charge in [0.15, 0.2) is 0 Å². The fraction of sp³-hybridized carbons (Fsp3) is 0.286. The summed E-state index contributed by atoms with van der Waals surface area (Å²) in [6.07, 6.45) is 2.64. The summed E-state index contributed by atoms with van der Waals surface area (Å²) in [6.45, 7) is 2.17. The Kier molecular flexibility index (Phi) is 4.94. The molecule has 0 fully saturated rings. The minimum absolute atomic E-state index is 0.0200. The molecule has 0 radical (unpaired) electrons. The summed E-state index contributed by atoms with van der Waals surface area (Å²) < 4.78 is 28.1. The third kappa shape index (κ3) is 3.71. The van der Waals surface area contributed by atoms with Gasteiger partial charge >= 0.3 is 5.97 Å². The number of carboxylic acids is 1. The Balaban J connectivity index is 2.14. The van der Waals surface area contributed by atoms with E-state index in [1.54, 1.807) is 30.3 Å². The number of aryl methyl sites for hydroxylation is 1. The van der Waals surface area contributed by atoms with Crippen LogP contribution in [0.5, 0.6) is 0 Å². The Morgan fingerprint density at radius 3 is 2.59 bits per heavy atom. The fourth-order valence-corrected chi connectivity index (χ4v) is 2.96. The van der Waals surface area contributed by atoms with Gasteiger partial charge in [0.2, 0.25) is 10.0 Å². The maximum atomic E-state index is 12.2. The van der Waals surface area contributed by atoms with Crippen LogP contribution in [-0.2, 0) is 21.4 Å². The van der Waals surface area contributed by atoms with Crippen molar-refractivity contribution < 1.29 is 18.3 Å². The standard InChI is InChI=1S/C14H17N3O4S/c1-2-17-10-12(8-15-17)22(20,21)16-9-13(14(18)19)11-6-4-3-5-7-11/h3-8,10,13,16H,2,9H2,1H3,(H,18,19). The van der Waals surface area contributed by atoms with Crippen molar-refractivity contribution in [1.82, 2.24) is 14.5 Å². The highest BCUT2D eigenvalue weighted by Crippen LogP contribution is 2.16. The molecule has 2 rings (SSSR count). The summed E-state index contributed by atoms with van der Waals surface area (Å²) in [7, 11) is -3.78. The molecule has 1 aromatic carbocycles. The zero-order valence-corrected chi connectivity index (χ0v) is 12.8. The minimum Gasteiger partial charge on any atom is -0.481 e. The Morgan fingerprint density at radius 1 is 1.36 bits per heavy atom. The Morgan fingerprint density at radius 2 is 2.05 bits per heavy atom. The molecule has 0 aliphatic heterocycles. The van der Waals surface area contributed by atoms with Gasteiger partial charge in [0.05, 0.1) is 12.1 Å². The largest absolute Gasteiger partial charge is 0.481 e. The minimum atomic E-state index is -3.78. The molecule has 8 heteroatoms. The predicted octanol–water partition coefficient (Wildman–Crippen LogP) is 1.05. The second-order valence-corrected chi connectivity index (χ2v) is 6.45. The molecule has 1 unspecified atom stereocenters. The average Bonchev–Trinajstić information content (AvgIpc) is 2.98. The number of nitrogens with zero attached hydrogens (tertiary/aromatic N) is 2. The van der Waals surface area contributed by atoms with Gasteiger partial charge in [-0.1, -0.05) is 30.3 Å². The highest BCUT2D eigenvalue weighted by molar-refractivity contribution is 7.89. The Hall–Kier alpha value is -2.19. The van der Waals surface area contributed by atoms with Crippen LogP contribution < -0.4 is 4.72 Å². The van der Waals surface area contributed by atoms with E-state index in [2.05, 4.69) is 9.82 Å². The molecule has 0 amide bonds. The maximum Gasteiger partial charge on any atom is 0.312 e. The van der Waals surface area contributed by atoms with E-state index in [4.69, 9.17) is 0 Å². The van der Waals surface area contributed by atoms with Crippen molar-refractivity contribution in [1.29, 1.82) is 0 Å². The van der Waals surface area contributed by atoms with E-state index in [1.807, 2.05) is 6.92 Å². The lowest BCUT2D eigenvalue weighted by atomic mass is 10.00. The number of aliphatic carboxylic acids is 1. The second-order valence-electron chi connectivity index (χ2n) is 4.69. The van der Waals surface area contributed by atoms with Gasteiger partial charge in [0.25, 0.3) is 0 Å². The number of aromatic nitrogens is 2. The van der Waals surface area contributed by atoms with E-state index in [1.165, 1.54) is 17.1 Å². The first-order valence-electron chi connectivity index (χ1n) is 6.74. The van der Waals surface area contributed by atoms with Crippen LogP contribution in [0.2, 0.25) is 0 Å². The lowest BCUT2D eigenvalue weighted by Crippen LogP contribution is -2.31. The van der Waals surface area contributed by atoms with Crippen molar-refractivity contribution in [3.8, 4) is 0 Å². The fourth-order valence-electron chi connectivity index (χ4n) is 1.97. The molecular formula is C14H17N3O4S. The molecule has 0 aliphatic rings. The van der Waals surface area contributed by atoms with Gasteiger partial charge in [-0.15, -0.1) is 0 Å². The number of carboxylic acid groups (broad SMARTS) is 1. The van der Waals surface area contributed by atoms with Crippen LogP contribution in [0.1, 0.15) is 18.4 Å². The molecule has 1 heterocycles. The summed E-state index contributed by atoms with van der Waals surface area (Å²) in [5.41, 5.74) is 0.543. The first-order valence-corrected chi connectivity index (χ1v) is 8.22.